The third kappa shape index (κ3) is 4.86. The summed E-state index contributed by atoms with van der Waals surface area (Å²) in [5.74, 6) is 0.949. The van der Waals surface area contributed by atoms with Crippen molar-refractivity contribution in [3.63, 3.8) is 0 Å². The van der Waals surface area contributed by atoms with Crippen molar-refractivity contribution in [1.82, 2.24) is 14.8 Å². The van der Waals surface area contributed by atoms with Crippen molar-refractivity contribution in [2.24, 2.45) is 0 Å². The third-order valence-electron chi connectivity index (χ3n) is 5.72. The number of nitrogens with zero attached hydrogens (tertiary/aromatic N) is 3. The molecule has 1 unspecified atom stereocenters. The molecule has 1 fully saturated rings. The Bertz CT molecular complexity index is 736. The summed E-state index contributed by atoms with van der Waals surface area (Å²) in [6.45, 7) is 9.38. The van der Waals surface area contributed by atoms with Gasteiger partial charge in [-0.1, -0.05) is 12.1 Å². The zero-order valence-corrected chi connectivity index (χ0v) is 16.7. The molecule has 0 saturated carbocycles. The van der Waals surface area contributed by atoms with Gasteiger partial charge in [0, 0.05) is 57.8 Å². The van der Waals surface area contributed by atoms with Crippen molar-refractivity contribution in [3.05, 3.63) is 58.9 Å². The molecule has 3 rings (SSSR count). The van der Waals surface area contributed by atoms with E-state index in [9.17, 15) is 5.11 Å². The van der Waals surface area contributed by atoms with Crippen LogP contribution in [0.15, 0.2) is 36.7 Å². The monoisotopic (exact) mass is 369 g/mol. The zero-order valence-electron chi connectivity index (χ0n) is 16.7. The zero-order chi connectivity index (χ0) is 19.2. The smallest absolute Gasteiger partial charge is 0.122 e. The Balaban J connectivity index is 1.68. The van der Waals surface area contributed by atoms with Gasteiger partial charge in [-0.15, -0.1) is 0 Å². The van der Waals surface area contributed by atoms with Gasteiger partial charge in [-0.2, -0.15) is 0 Å². The lowest BCUT2D eigenvalue weighted by molar-refractivity contribution is 0.0498. The van der Waals surface area contributed by atoms with E-state index in [2.05, 4.69) is 46.8 Å². The van der Waals surface area contributed by atoms with Crippen LogP contribution in [0.25, 0.3) is 0 Å². The van der Waals surface area contributed by atoms with Crippen LogP contribution < -0.4 is 4.74 Å². The number of aromatic nitrogens is 1. The minimum Gasteiger partial charge on any atom is -0.496 e. The van der Waals surface area contributed by atoms with Gasteiger partial charge >= 0.3 is 0 Å². The lowest BCUT2D eigenvalue weighted by atomic mass is 10.00. The summed E-state index contributed by atoms with van der Waals surface area (Å²) in [5.41, 5.74) is 5.10. The van der Waals surface area contributed by atoms with Gasteiger partial charge in [0.25, 0.3) is 0 Å². The standard InChI is InChI=1S/C22H31N3O2/c1-17-18(2)22(27-3)7-6-20(17)15-25-11-10-24(16-21(25)8-12-26)14-19-5-4-9-23-13-19/h4-7,9,13,21,26H,8,10-12,14-16H2,1-3H3. The Labute approximate surface area is 162 Å². The number of hydrogen-bond donors (Lipinski definition) is 1. The second-order valence-corrected chi connectivity index (χ2v) is 7.41. The van der Waals surface area contributed by atoms with E-state index in [0.29, 0.717) is 6.04 Å². The van der Waals surface area contributed by atoms with Gasteiger partial charge in [-0.05, 0) is 54.7 Å². The van der Waals surface area contributed by atoms with Crippen molar-refractivity contribution in [3.8, 4) is 5.75 Å². The molecular weight excluding hydrogens is 338 g/mol. The van der Waals surface area contributed by atoms with Crippen LogP contribution in [0.3, 0.4) is 0 Å². The molecule has 5 heteroatoms. The lowest BCUT2D eigenvalue weighted by Gasteiger charge is -2.41. The Morgan fingerprint density at radius 3 is 2.70 bits per heavy atom. The van der Waals surface area contributed by atoms with E-state index < -0.39 is 0 Å². The number of aliphatic hydroxyl groups excluding tert-OH is 1. The van der Waals surface area contributed by atoms with Crippen LogP contribution in [-0.4, -0.2) is 59.3 Å². The number of hydrogen-bond acceptors (Lipinski definition) is 5. The van der Waals surface area contributed by atoms with Crippen molar-refractivity contribution in [2.75, 3.05) is 33.4 Å². The molecule has 1 aliphatic rings. The SMILES string of the molecule is COc1ccc(CN2CCN(Cc3cccnc3)CC2CCO)c(C)c1C. The molecule has 0 bridgehead atoms. The average Bonchev–Trinajstić information content (AvgIpc) is 2.68. The summed E-state index contributed by atoms with van der Waals surface area (Å²) >= 11 is 0. The fourth-order valence-corrected chi connectivity index (χ4v) is 3.94. The van der Waals surface area contributed by atoms with Crippen LogP contribution in [0, 0.1) is 13.8 Å². The topological polar surface area (TPSA) is 48.8 Å². The molecule has 0 aliphatic carbocycles. The van der Waals surface area contributed by atoms with Gasteiger partial charge in [-0.3, -0.25) is 14.8 Å². The normalized spacial score (nSPS) is 18.6. The molecule has 1 saturated heterocycles. The van der Waals surface area contributed by atoms with Gasteiger partial charge in [0.2, 0.25) is 0 Å². The van der Waals surface area contributed by atoms with Crippen molar-refractivity contribution >= 4 is 0 Å². The quantitative estimate of drug-likeness (QED) is 0.813. The van der Waals surface area contributed by atoms with Crippen LogP contribution in [0.4, 0.5) is 0 Å². The summed E-state index contributed by atoms with van der Waals surface area (Å²) < 4.78 is 5.44. The van der Waals surface area contributed by atoms with Crippen LogP contribution in [0.5, 0.6) is 5.75 Å². The molecule has 2 heterocycles. The molecule has 0 amide bonds. The largest absolute Gasteiger partial charge is 0.496 e. The number of aliphatic hydroxyl groups is 1. The van der Waals surface area contributed by atoms with E-state index >= 15 is 0 Å². The van der Waals surface area contributed by atoms with E-state index in [-0.39, 0.29) is 6.61 Å². The molecule has 1 aliphatic heterocycles. The molecule has 1 N–H and O–H groups in total. The summed E-state index contributed by atoms with van der Waals surface area (Å²) in [6.07, 6.45) is 4.56. The molecule has 0 spiro atoms. The van der Waals surface area contributed by atoms with Gasteiger partial charge in [0.05, 0.1) is 7.11 Å². The van der Waals surface area contributed by atoms with Gasteiger partial charge in [0.1, 0.15) is 5.75 Å². The lowest BCUT2D eigenvalue weighted by Crippen LogP contribution is -2.52. The highest BCUT2D eigenvalue weighted by Gasteiger charge is 2.27. The molecule has 1 aromatic carbocycles. The number of rotatable bonds is 7. The minimum absolute atomic E-state index is 0.225. The number of benzene rings is 1. The van der Waals surface area contributed by atoms with E-state index in [1.807, 2.05) is 18.5 Å². The van der Waals surface area contributed by atoms with Crippen molar-refractivity contribution in [1.29, 1.82) is 0 Å². The molecule has 1 atom stereocenters. The minimum atomic E-state index is 0.225. The van der Waals surface area contributed by atoms with E-state index in [0.717, 1.165) is 44.9 Å². The molecule has 2 aromatic rings. The van der Waals surface area contributed by atoms with Crippen LogP contribution in [-0.2, 0) is 13.1 Å². The first-order chi connectivity index (χ1) is 13.1. The highest BCUT2D eigenvalue weighted by atomic mass is 16.5. The molecule has 27 heavy (non-hydrogen) atoms. The van der Waals surface area contributed by atoms with Gasteiger partial charge < -0.3 is 9.84 Å². The summed E-state index contributed by atoms with van der Waals surface area (Å²) in [4.78, 5) is 9.21. The van der Waals surface area contributed by atoms with Gasteiger partial charge in [0.15, 0.2) is 0 Å². The molecular formula is C22H31N3O2. The van der Waals surface area contributed by atoms with Crippen LogP contribution in [0.2, 0.25) is 0 Å². The first-order valence-corrected chi connectivity index (χ1v) is 9.71. The van der Waals surface area contributed by atoms with E-state index in [1.165, 1.54) is 22.3 Å². The van der Waals surface area contributed by atoms with E-state index in [4.69, 9.17) is 4.74 Å². The first-order valence-electron chi connectivity index (χ1n) is 9.71. The number of methoxy groups -OCH3 is 1. The highest BCUT2D eigenvalue weighted by molar-refractivity contribution is 5.43. The number of pyridine rings is 1. The number of piperazine rings is 1. The molecule has 0 radical (unpaired) electrons. The van der Waals surface area contributed by atoms with Crippen molar-refractivity contribution < 1.29 is 9.84 Å². The molecule has 5 nitrogen and oxygen atoms in total. The Morgan fingerprint density at radius 1 is 1.15 bits per heavy atom. The second-order valence-electron chi connectivity index (χ2n) is 7.41. The Hall–Kier alpha value is -1.95. The first kappa shape index (κ1) is 19.8. The fraction of sp³-hybridized carbons (Fsp3) is 0.500. The van der Waals surface area contributed by atoms with E-state index in [1.54, 1.807) is 7.11 Å². The second kappa shape index (κ2) is 9.31. The maximum Gasteiger partial charge on any atom is 0.122 e. The van der Waals surface area contributed by atoms with Crippen LogP contribution >= 0.6 is 0 Å². The highest BCUT2D eigenvalue weighted by Crippen LogP contribution is 2.26. The Kier molecular flexibility index (Phi) is 6.83. The maximum atomic E-state index is 9.57. The fourth-order valence-electron chi connectivity index (χ4n) is 3.94. The summed E-state index contributed by atoms with van der Waals surface area (Å²) in [5, 5.41) is 9.57. The predicted molar refractivity (Wildman–Crippen MR) is 108 cm³/mol. The molecule has 1 aromatic heterocycles. The molecule has 146 valence electrons. The number of ether oxygens (including phenoxy) is 1. The maximum absolute atomic E-state index is 9.57. The van der Waals surface area contributed by atoms with Gasteiger partial charge in [-0.25, -0.2) is 0 Å². The third-order valence-corrected chi connectivity index (χ3v) is 5.72. The average molecular weight is 370 g/mol. The van der Waals surface area contributed by atoms with Crippen molar-refractivity contribution in [2.45, 2.75) is 39.4 Å². The Morgan fingerprint density at radius 2 is 2.00 bits per heavy atom. The summed E-state index contributed by atoms with van der Waals surface area (Å²) in [7, 11) is 1.72. The van der Waals surface area contributed by atoms with Crippen LogP contribution in [0.1, 0.15) is 28.7 Å². The summed E-state index contributed by atoms with van der Waals surface area (Å²) in [6, 6.07) is 8.73. The predicted octanol–water partition coefficient (Wildman–Crippen LogP) is 2.78.